The van der Waals surface area contributed by atoms with Crippen molar-refractivity contribution in [2.75, 3.05) is 13.6 Å². The quantitative estimate of drug-likeness (QED) is 0.886. The second-order valence-electron chi connectivity index (χ2n) is 5.30. The summed E-state index contributed by atoms with van der Waals surface area (Å²) >= 11 is 12.0. The second-order valence-corrected chi connectivity index (χ2v) is 6.15. The number of hydrogen-bond acceptors (Lipinski definition) is 2. The van der Waals surface area contributed by atoms with Crippen molar-refractivity contribution in [1.29, 1.82) is 0 Å². The molecule has 2 atom stereocenters. The third kappa shape index (κ3) is 3.65. The molecule has 0 aromatic heterocycles. The summed E-state index contributed by atoms with van der Waals surface area (Å²) in [6.07, 6.45) is 1.50. The van der Waals surface area contributed by atoms with Crippen LogP contribution in [0.5, 0.6) is 0 Å². The van der Waals surface area contributed by atoms with Crippen LogP contribution in [0.4, 0.5) is 4.79 Å². The lowest BCUT2D eigenvalue weighted by Crippen LogP contribution is -2.49. The number of carbonyl (C=O) groups is 2. The van der Waals surface area contributed by atoms with Crippen LogP contribution >= 0.6 is 23.2 Å². The van der Waals surface area contributed by atoms with Crippen molar-refractivity contribution in [3.05, 3.63) is 33.8 Å². The molecule has 1 aliphatic rings. The number of hydrogen-bond donors (Lipinski definition) is 2. The molecule has 0 aliphatic carbocycles. The van der Waals surface area contributed by atoms with E-state index in [9.17, 15) is 9.59 Å². The number of urea groups is 1. The molecule has 2 N–H and O–H groups in total. The molecule has 120 valence electrons. The highest BCUT2D eigenvalue weighted by Crippen LogP contribution is 2.26. The largest absolute Gasteiger partial charge is 0.357 e. The van der Waals surface area contributed by atoms with Gasteiger partial charge in [-0.3, -0.25) is 4.79 Å². The van der Waals surface area contributed by atoms with Gasteiger partial charge >= 0.3 is 6.03 Å². The Morgan fingerprint density at radius 1 is 1.36 bits per heavy atom. The molecule has 0 saturated carbocycles. The number of nitrogens with zero attached hydrogens (tertiary/aromatic N) is 1. The van der Waals surface area contributed by atoms with Gasteiger partial charge in [0.1, 0.15) is 6.04 Å². The van der Waals surface area contributed by atoms with Crippen molar-refractivity contribution in [1.82, 2.24) is 15.5 Å². The zero-order valence-corrected chi connectivity index (χ0v) is 14.0. The van der Waals surface area contributed by atoms with Crippen LogP contribution in [0.3, 0.4) is 0 Å². The van der Waals surface area contributed by atoms with E-state index < -0.39 is 6.04 Å². The molecular weight excluding hydrogens is 325 g/mol. The Hall–Kier alpha value is -1.46. The van der Waals surface area contributed by atoms with Crippen LogP contribution in [0.15, 0.2) is 18.2 Å². The number of amides is 3. The molecule has 1 aromatic carbocycles. The molecular formula is C15H19Cl2N3O2. The normalized spacial score (nSPS) is 18.9. The Balaban J connectivity index is 2.06. The van der Waals surface area contributed by atoms with Gasteiger partial charge in [0, 0.05) is 23.6 Å². The van der Waals surface area contributed by atoms with Crippen LogP contribution in [0.25, 0.3) is 0 Å². The lowest BCUT2D eigenvalue weighted by atomic mass is 10.1. The Morgan fingerprint density at radius 2 is 2.09 bits per heavy atom. The Bertz CT molecular complexity index is 580. The molecule has 0 spiro atoms. The van der Waals surface area contributed by atoms with Gasteiger partial charge in [-0.2, -0.15) is 0 Å². The number of carbonyl (C=O) groups excluding carboxylic acids is 2. The van der Waals surface area contributed by atoms with E-state index in [-0.39, 0.29) is 18.0 Å². The third-order valence-electron chi connectivity index (χ3n) is 3.83. The minimum atomic E-state index is -0.405. The number of halogens is 2. The van der Waals surface area contributed by atoms with Crippen molar-refractivity contribution in [3.8, 4) is 0 Å². The van der Waals surface area contributed by atoms with Crippen LogP contribution in [-0.4, -0.2) is 36.5 Å². The van der Waals surface area contributed by atoms with E-state index in [2.05, 4.69) is 10.6 Å². The number of likely N-dealkylation sites (N-methyl/N-ethyl adjacent to an activating group) is 1. The fourth-order valence-corrected chi connectivity index (χ4v) is 3.22. The summed E-state index contributed by atoms with van der Waals surface area (Å²) in [4.78, 5) is 25.8. The van der Waals surface area contributed by atoms with Crippen LogP contribution in [0.2, 0.25) is 10.0 Å². The molecule has 0 radical (unpaired) electrons. The van der Waals surface area contributed by atoms with Gasteiger partial charge in [0.25, 0.3) is 0 Å². The molecule has 22 heavy (non-hydrogen) atoms. The molecule has 5 nitrogen and oxygen atoms in total. The highest BCUT2D eigenvalue weighted by molar-refractivity contribution is 6.35. The van der Waals surface area contributed by atoms with Crippen molar-refractivity contribution >= 4 is 35.1 Å². The highest BCUT2D eigenvalue weighted by atomic mass is 35.5. The molecule has 1 aliphatic heterocycles. The van der Waals surface area contributed by atoms with E-state index in [0.717, 1.165) is 12.0 Å². The van der Waals surface area contributed by atoms with Crippen molar-refractivity contribution in [2.24, 2.45) is 0 Å². The summed E-state index contributed by atoms with van der Waals surface area (Å²) in [6, 6.07) is 4.22. The molecule has 7 heteroatoms. The summed E-state index contributed by atoms with van der Waals surface area (Å²) in [5, 5.41) is 6.53. The van der Waals surface area contributed by atoms with Crippen LogP contribution in [0, 0.1) is 0 Å². The van der Waals surface area contributed by atoms with E-state index in [0.29, 0.717) is 23.0 Å². The summed E-state index contributed by atoms with van der Waals surface area (Å²) in [6.45, 7) is 2.42. The van der Waals surface area contributed by atoms with E-state index >= 15 is 0 Å². The van der Waals surface area contributed by atoms with Gasteiger partial charge in [-0.15, -0.1) is 0 Å². The number of nitrogens with one attached hydrogen (secondary N) is 2. The number of rotatable bonds is 3. The Labute approximate surface area is 139 Å². The summed E-state index contributed by atoms with van der Waals surface area (Å²) in [5.41, 5.74) is 0.787. The van der Waals surface area contributed by atoms with Crippen molar-refractivity contribution in [3.63, 3.8) is 0 Å². The summed E-state index contributed by atoms with van der Waals surface area (Å²) in [5.74, 6) is -0.134. The van der Waals surface area contributed by atoms with Gasteiger partial charge in [0.05, 0.1) is 6.04 Å². The minimum Gasteiger partial charge on any atom is -0.357 e. The van der Waals surface area contributed by atoms with Gasteiger partial charge in [-0.05, 0) is 37.5 Å². The third-order valence-corrected chi connectivity index (χ3v) is 4.39. The molecule has 2 rings (SSSR count). The standard InChI is InChI=1S/C15H19Cl2N3O2/c1-9(11-6-5-10(16)8-12(11)17)19-15(22)20-7-3-4-13(20)14(21)18-2/h5-6,8-9,13H,3-4,7H2,1-2H3,(H,18,21)(H,19,22). The smallest absolute Gasteiger partial charge is 0.318 e. The predicted molar refractivity (Wildman–Crippen MR) is 87.2 cm³/mol. The molecule has 1 saturated heterocycles. The van der Waals surface area contributed by atoms with Gasteiger partial charge in [0.15, 0.2) is 0 Å². The first-order chi connectivity index (χ1) is 10.4. The van der Waals surface area contributed by atoms with Gasteiger partial charge in [-0.25, -0.2) is 4.79 Å². The second kappa shape index (κ2) is 7.20. The fourth-order valence-electron chi connectivity index (χ4n) is 2.65. The molecule has 1 heterocycles. The minimum absolute atomic E-state index is 0.134. The maximum atomic E-state index is 12.4. The highest BCUT2D eigenvalue weighted by Gasteiger charge is 2.34. The van der Waals surface area contributed by atoms with Gasteiger partial charge in [0.2, 0.25) is 5.91 Å². The van der Waals surface area contributed by atoms with Gasteiger partial charge in [-0.1, -0.05) is 29.3 Å². The lowest BCUT2D eigenvalue weighted by molar-refractivity contribution is -0.124. The molecule has 2 unspecified atom stereocenters. The predicted octanol–water partition coefficient (Wildman–Crippen LogP) is 2.97. The molecule has 1 aromatic rings. The lowest BCUT2D eigenvalue weighted by Gasteiger charge is -2.26. The van der Waals surface area contributed by atoms with Crippen LogP contribution in [-0.2, 0) is 4.79 Å². The average Bonchev–Trinajstić information content (AvgIpc) is 2.95. The van der Waals surface area contributed by atoms with E-state index in [4.69, 9.17) is 23.2 Å². The maximum absolute atomic E-state index is 12.4. The summed E-state index contributed by atoms with van der Waals surface area (Å²) in [7, 11) is 1.58. The average molecular weight is 344 g/mol. The zero-order valence-electron chi connectivity index (χ0n) is 12.5. The first kappa shape index (κ1) is 16.9. The molecule has 0 bridgehead atoms. The first-order valence-electron chi connectivity index (χ1n) is 7.17. The van der Waals surface area contributed by atoms with Crippen LogP contribution < -0.4 is 10.6 Å². The first-order valence-corrected chi connectivity index (χ1v) is 7.93. The maximum Gasteiger partial charge on any atom is 0.318 e. The molecule has 1 fully saturated rings. The zero-order chi connectivity index (χ0) is 16.3. The topological polar surface area (TPSA) is 61.4 Å². The van der Waals surface area contributed by atoms with E-state index in [1.807, 2.05) is 6.92 Å². The Morgan fingerprint density at radius 3 is 2.73 bits per heavy atom. The Kier molecular flexibility index (Phi) is 5.53. The van der Waals surface area contributed by atoms with Crippen LogP contribution in [0.1, 0.15) is 31.4 Å². The molecule has 3 amide bonds. The SMILES string of the molecule is CNC(=O)C1CCCN1C(=O)NC(C)c1ccc(Cl)cc1Cl. The monoisotopic (exact) mass is 343 g/mol. The fraction of sp³-hybridized carbons (Fsp3) is 0.467. The van der Waals surface area contributed by atoms with E-state index in [1.54, 1.807) is 30.1 Å². The van der Waals surface area contributed by atoms with Crippen molar-refractivity contribution < 1.29 is 9.59 Å². The van der Waals surface area contributed by atoms with E-state index in [1.165, 1.54) is 0 Å². The van der Waals surface area contributed by atoms with Gasteiger partial charge < -0.3 is 15.5 Å². The number of benzene rings is 1. The summed E-state index contributed by atoms with van der Waals surface area (Å²) < 4.78 is 0. The van der Waals surface area contributed by atoms with Crippen molar-refractivity contribution in [2.45, 2.75) is 31.8 Å². The number of likely N-dealkylation sites (tertiary alicyclic amines) is 1.